The normalized spacial score (nSPS) is 20.8. The highest BCUT2D eigenvalue weighted by Crippen LogP contribution is 2.32. The summed E-state index contributed by atoms with van der Waals surface area (Å²) in [5, 5.41) is 16.1. The largest absolute Gasteiger partial charge is 0.362 e. The molecule has 2 aliphatic rings. The second kappa shape index (κ2) is 11.1. The van der Waals surface area contributed by atoms with Gasteiger partial charge in [0, 0.05) is 18.5 Å². The molecule has 4 atom stereocenters. The molecule has 1 saturated heterocycles. The zero-order valence-corrected chi connectivity index (χ0v) is 21.3. The van der Waals surface area contributed by atoms with E-state index in [0.717, 1.165) is 25.7 Å². The van der Waals surface area contributed by atoms with Crippen LogP contribution in [0.3, 0.4) is 0 Å². The van der Waals surface area contributed by atoms with Crippen LogP contribution >= 0.6 is 0 Å². The van der Waals surface area contributed by atoms with Crippen molar-refractivity contribution in [2.24, 2.45) is 0 Å². The number of benzene rings is 1. The SMILES string of the molecule is CC[C@H]1CCCCN1C(=O)C[C@H](Nc1nc(C(C)C)no1)C(=O)N[C@@H](C)C1Nc2cccc(F)c2N1. The van der Waals surface area contributed by atoms with Gasteiger partial charge in [0.1, 0.15) is 18.0 Å². The smallest absolute Gasteiger partial charge is 0.322 e. The summed E-state index contributed by atoms with van der Waals surface area (Å²) in [5.41, 5.74) is 1.00. The topological polar surface area (TPSA) is 124 Å². The van der Waals surface area contributed by atoms with Crippen LogP contribution in [-0.2, 0) is 9.59 Å². The van der Waals surface area contributed by atoms with Crippen molar-refractivity contribution in [2.75, 3.05) is 22.5 Å². The molecule has 0 radical (unpaired) electrons. The number of carbonyl (C=O) groups excluding carboxylic acids is 2. The Morgan fingerprint density at radius 2 is 2.06 bits per heavy atom. The minimum absolute atomic E-state index is 0.0468. The molecule has 1 unspecified atom stereocenters. The molecule has 1 aromatic carbocycles. The number of para-hydroxylation sites is 1. The molecule has 4 N–H and O–H groups in total. The average Bonchev–Trinajstić information content (AvgIpc) is 3.52. The molecule has 2 aliphatic heterocycles. The highest BCUT2D eigenvalue weighted by atomic mass is 19.1. The first-order valence-electron chi connectivity index (χ1n) is 12.8. The van der Waals surface area contributed by atoms with Crippen LogP contribution in [-0.4, -0.2) is 57.7 Å². The van der Waals surface area contributed by atoms with Gasteiger partial charge in [0.25, 0.3) is 0 Å². The molecule has 3 heterocycles. The van der Waals surface area contributed by atoms with Gasteiger partial charge in [-0.3, -0.25) is 9.59 Å². The number of aromatic nitrogens is 2. The molecule has 10 nitrogen and oxygen atoms in total. The lowest BCUT2D eigenvalue weighted by Gasteiger charge is -2.36. The predicted octanol–water partition coefficient (Wildman–Crippen LogP) is 3.66. The third-order valence-electron chi connectivity index (χ3n) is 6.86. The second-order valence-electron chi connectivity index (χ2n) is 9.88. The van der Waals surface area contributed by atoms with Gasteiger partial charge in [-0.15, -0.1) is 0 Å². The molecule has 2 amide bonds. The van der Waals surface area contributed by atoms with Gasteiger partial charge in [-0.05, 0) is 44.7 Å². The van der Waals surface area contributed by atoms with Crippen molar-refractivity contribution in [3.05, 3.63) is 29.8 Å². The summed E-state index contributed by atoms with van der Waals surface area (Å²) in [6.07, 6.45) is 3.45. The summed E-state index contributed by atoms with van der Waals surface area (Å²) in [4.78, 5) is 32.9. The van der Waals surface area contributed by atoms with Gasteiger partial charge in [0.15, 0.2) is 5.82 Å². The lowest BCUT2D eigenvalue weighted by atomic mass is 9.99. The molecule has 0 spiro atoms. The van der Waals surface area contributed by atoms with Crippen molar-refractivity contribution in [1.82, 2.24) is 20.4 Å². The first-order chi connectivity index (χ1) is 17.3. The Bertz CT molecular complexity index is 1080. The number of amides is 2. The molecule has 196 valence electrons. The van der Waals surface area contributed by atoms with Crippen molar-refractivity contribution in [2.45, 2.75) is 90.0 Å². The minimum atomic E-state index is -0.916. The average molecular weight is 502 g/mol. The Morgan fingerprint density at radius 1 is 1.25 bits per heavy atom. The van der Waals surface area contributed by atoms with Crippen molar-refractivity contribution >= 4 is 29.2 Å². The highest BCUT2D eigenvalue weighted by Gasteiger charge is 2.33. The Balaban J connectivity index is 1.46. The number of anilines is 3. The number of fused-ring (bicyclic) bond motifs is 1. The van der Waals surface area contributed by atoms with Gasteiger partial charge in [-0.1, -0.05) is 32.0 Å². The van der Waals surface area contributed by atoms with Crippen LogP contribution in [0.2, 0.25) is 0 Å². The number of hydrogen-bond acceptors (Lipinski definition) is 8. The van der Waals surface area contributed by atoms with Gasteiger partial charge in [-0.2, -0.15) is 4.98 Å². The molecule has 1 aromatic heterocycles. The van der Waals surface area contributed by atoms with E-state index in [1.807, 2.05) is 25.7 Å². The van der Waals surface area contributed by atoms with Crippen molar-refractivity contribution in [3.8, 4) is 0 Å². The number of carbonyl (C=O) groups is 2. The first-order valence-corrected chi connectivity index (χ1v) is 12.8. The fourth-order valence-electron chi connectivity index (χ4n) is 4.74. The Hall–Kier alpha value is -3.37. The van der Waals surface area contributed by atoms with Crippen LogP contribution in [0.4, 0.5) is 21.8 Å². The zero-order valence-electron chi connectivity index (χ0n) is 21.3. The number of nitrogens with one attached hydrogen (secondary N) is 4. The minimum Gasteiger partial charge on any atom is -0.362 e. The highest BCUT2D eigenvalue weighted by molar-refractivity contribution is 5.90. The quantitative estimate of drug-likeness (QED) is 0.410. The summed E-state index contributed by atoms with van der Waals surface area (Å²) in [6.45, 7) is 8.46. The molecule has 0 saturated carbocycles. The Kier molecular flexibility index (Phi) is 7.95. The molecule has 0 bridgehead atoms. The van der Waals surface area contributed by atoms with E-state index in [9.17, 15) is 14.0 Å². The van der Waals surface area contributed by atoms with E-state index in [-0.39, 0.29) is 42.0 Å². The monoisotopic (exact) mass is 501 g/mol. The number of rotatable bonds is 9. The van der Waals surface area contributed by atoms with Gasteiger partial charge >= 0.3 is 6.01 Å². The molecule has 1 fully saturated rings. The van der Waals surface area contributed by atoms with Gasteiger partial charge in [0.05, 0.1) is 23.8 Å². The second-order valence-corrected chi connectivity index (χ2v) is 9.88. The van der Waals surface area contributed by atoms with Crippen LogP contribution < -0.4 is 21.3 Å². The lowest BCUT2D eigenvalue weighted by molar-refractivity contribution is -0.137. The molecule has 2 aromatic rings. The fourth-order valence-corrected chi connectivity index (χ4v) is 4.74. The molecule has 0 aliphatic carbocycles. The molecular formula is C25H36FN7O3. The third-order valence-corrected chi connectivity index (χ3v) is 6.86. The van der Waals surface area contributed by atoms with Gasteiger partial charge in [-0.25, -0.2) is 4.39 Å². The van der Waals surface area contributed by atoms with Crippen LogP contribution in [0.25, 0.3) is 0 Å². The van der Waals surface area contributed by atoms with Crippen molar-refractivity contribution < 1.29 is 18.5 Å². The number of halogens is 1. The van der Waals surface area contributed by atoms with E-state index >= 15 is 0 Å². The van der Waals surface area contributed by atoms with E-state index < -0.39 is 18.2 Å². The number of nitrogens with zero attached hydrogens (tertiary/aromatic N) is 3. The number of likely N-dealkylation sites (tertiary alicyclic amines) is 1. The van der Waals surface area contributed by atoms with Crippen LogP contribution in [0, 0.1) is 5.82 Å². The van der Waals surface area contributed by atoms with E-state index in [0.29, 0.717) is 23.7 Å². The van der Waals surface area contributed by atoms with E-state index in [2.05, 4.69) is 38.3 Å². The number of hydrogen-bond donors (Lipinski definition) is 4. The van der Waals surface area contributed by atoms with Crippen LogP contribution in [0.15, 0.2) is 22.7 Å². The summed E-state index contributed by atoms with van der Waals surface area (Å²) >= 11 is 0. The molecule has 4 rings (SSSR count). The van der Waals surface area contributed by atoms with Crippen LogP contribution in [0.5, 0.6) is 0 Å². The predicted molar refractivity (Wildman–Crippen MR) is 135 cm³/mol. The zero-order chi connectivity index (χ0) is 25.8. The van der Waals surface area contributed by atoms with Crippen LogP contribution in [0.1, 0.15) is 71.5 Å². The van der Waals surface area contributed by atoms with Crippen molar-refractivity contribution in [3.63, 3.8) is 0 Å². The molecule has 36 heavy (non-hydrogen) atoms. The lowest BCUT2D eigenvalue weighted by Crippen LogP contribution is -2.53. The maximum atomic E-state index is 14.1. The van der Waals surface area contributed by atoms with Gasteiger partial charge in [0.2, 0.25) is 11.8 Å². The van der Waals surface area contributed by atoms with E-state index in [1.165, 1.54) is 6.07 Å². The summed E-state index contributed by atoms with van der Waals surface area (Å²) < 4.78 is 19.4. The first kappa shape index (κ1) is 25.7. The summed E-state index contributed by atoms with van der Waals surface area (Å²) in [6, 6.07) is 3.72. The fraction of sp³-hybridized carbons (Fsp3) is 0.600. The third kappa shape index (κ3) is 5.71. The Morgan fingerprint density at radius 3 is 2.75 bits per heavy atom. The number of piperidine rings is 1. The molecule has 11 heteroatoms. The maximum Gasteiger partial charge on any atom is 0.322 e. The standard InChI is InChI=1S/C25H36FN7O3/c1-5-16-9-6-7-12-33(16)20(34)13-19(29-25-31-22(14(2)3)32-36-25)24(35)27-15(4)23-28-18-11-8-10-17(26)21(18)30-23/h8,10-11,14-16,19,23,28,30H,5-7,9,12-13H2,1-4H3,(H,27,35)(H,29,31,32)/t15-,16-,19-,23?/m0/s1. The summed E-state index contributed by atoms with van der Waals surface area (Å²) in [7, 11) is 0. The molecular weight excluding hydrogens is 465 g/mol. The van der Waals surface area contributed by atoms with E-state index in [4.69, 9.17) is 4.52 Å². The maximum absolute atomic E-state index is 14.1. The van der Waals surface area contributed by atoms with E-state index in [1.54, 1.807) is 12.1 Å². The van der Waals surface area contributed by atoms with Gasteiger partial charge < -0.3 is 30.7 Å². The van der Waals surface area contributed by atoms with Crippen molar-refractivity contribution in [1.29, 1.82) is 0 Å². The Labute approximate surface area is 210 Å². The summed E-state index contributed by atoms with van der Waals surface area (Å²) in [5.74, 6) is -0.270.